The van der Waals surface area contributed by atoms with Crippen molar-refractivity contribution in [1.82, 2.24) is 5.32 Å². The highest BCUT2D eigenvalue weighted by atomic mass is 16.4. The number of Topliss-reactive ketones (excluding diaryl/α,β-unsaturated/α-hetero) is 1. The van der Waals surface area contributed by atoms with Crippen molar-refractivity contribution < 1.29 is 14.7 Å². The molecular formula is C14H18NO3-. The molecule has 2 atom stereocenters. The average Bonchev–Trinajstić information content (AvgIpc) is 2.39. The lowest BCUT2D eigenvalue weighted by molar-refractivity contribution is -0.309. The summed E-state index contributed by atoms with van der Waals surface area (Å²) < 4.78 is 0. The van der Waals surface area contributed by atoms with E-state index in [-0.39, 0.29) is 18.2 Å². The highest BCUT2D eigenvalue weighted by Crippen LogP contribution is 2.07. The van der Waals surface area contributed by atoms with Gasteiger partial charge in [0.05, 0.1) is 12.5 Å². The fourth-order valence-electron chi connectivity index (χ4n) is 1.68. The van der Waals surface area contributed by atoms with Crippen molar-refractivity contribution in [2.24, 2.45) is 5.92 Å². The first-order valence-electron chi connectivity index (χ1n) is 6.08. The molecule has 0 bridgehead atoms. The van der Waals surface area contributed by atoms with Crippen LogP contribution < -0.4 is 10.4 Å². The number of carbonyl (C=O) groups is 2. The predicted octanol–water partition coefficient (Wildman–Crippen LogP) is 0.623. The molecule has 1 N–H and O–H groups in total. The van der Waals surface area contributed by atoms with Gasteiger partial charge in [-0.05, 0) is 5.92 Å². The van der Waals surface area contributed by atoms with Crippen LogP contribution in [0.5, 0.6) is 0 Å². The van der Waals surface area contributed by atoms with Crippen LogP contribution in [-0.4, -0.2) is 24.3 Å². The van der Waals surface area contributed by atoms with Gasteiger partial charge in [0, 0.05) is 11.6 Å². The number of hydrogen-bond acceptors (Lipinski definition) is 4. The third-order valence-corrected chi connectivity index (χ3v) is 3.05. The molecule has 4 nitrogen and oxygen atoms in total. The first kappa shape index (κ1) is 14.4. The number of carbonyl (C=O) groups excluding carboxylic acids is 2. The molecule has 0 amide bonds. The number of nitrogens with one attached hydrogen (secondary N) is 1. The molecule has 1 aromatic carbocycles. The van der Waals surface area contributed by atoms with Gasteiger partial charge in [-0.25, -0.2) is 0 Å². The standard InChI is InChI=1S/C14H19NO3/c1-3-10(2)13(14(17)18)15-9-12(16)11-7-5-4-6-8-11/h4-8,10,13,15H,3,9H2,1-2H3,(H,17,18)/p-1. The molecule has 0 radical (unpaired) electrons. The fourth-order valence-corrected chi connectivity index (χ4v) is 1.68. The Hall–Kier alpha value is -1.68. The molecule has 0 saturated heterocycles. The summed E-state index contributed by atoms with van der Waals surface area (Å²) in [5.74, 6) is -1.35. The molecule has 2 unspecified atom stereocenters. The number of aliphatic carboxylic acids is 1. The quantitative estimate of drug-likeness (QED) is 0.718. The van der Waals surface area contributed by atoms with Crippen molar-refractivity contribution in [2.45, 2.75) is 26.3 Å². The normalized spacial score (nSPS) is 13.9. The molecule has 98 valence electrons. The number of carboxylic acid groups (broad SMARTS) is 1. The third-order valence-electron chi connectivity index (χ3n) is 3.05. The number of benzene rings is 1. The maximum absolute atomic E-state index is 11.8. The Morgan fingerprint density at radius 1 is 1.28 bits per heavy atom. The van der Waals surface area contributed by atoms with Crippen molar-refractivity contribution in [1.29, 1.82) is 0 Å². The van der Waals surface area contributed by atoms with Gasteiger partial charge in [0.2, 0.25) is 0 Å². The van der Waals surface area contributed by atoms with Crippen LogP contribution >= 0.6 is 0 Å². The van der Waals surface area contributed by atoms with Crippen molar-refractivity contribution in [3.63, 3.8) is 0 Å². The molecular weight excluding hydrogens is 230 g/mol. The minimum Gasteiger partial charge on any atom is -0.548 e. The van der Waals surface area contributed by atoms with Crippen molar-refractivity contribution in [3.8, 4) is 0 Å². The van der Waals surface area contributed by atoms with Crippen molar-refractivity contribution in [2.75, 3.05) is 6.54 Å². The van der Waals surface area contributed by atoms with Gasteiger partial charge in [0.1, 0.15) is 0 Å². The maximum Gasteiger partial charge on any atom is 0.176 e. The van der Waals surface area contributed by atoms with E-state index in [0.29, 0.717) is 12.0 Å². The topological polar surface area (TPSA) is 69.2 Å². The summed E-state index contributed by atoms with van der Waals surface area (Å²) in [7, 11) is 0. The number of ketones is 1. The van der Waals surface area contributed by atoms with Gasteiger partial charge in [0.15, 0.2) is 5.78 Å². The fraction of sp³-hybridized carbons (Fsp3) is 0.429. The second-order valence-electron chi connectivity index (χ2n) is 4.35. The van der Waals surface area contributed by atoms with Crippen LogP contribution in [0.3, 0.4) is 0 Å². The lowest BCUT2D eigenvalue weighted by Crippen LogP contribution is -2.50. The van der Waals surface area contributed by atoms with Crippen LogP contribution in [0.15, 0.2) is 30.3 Å². The summed E-state index contributed by atoms with van der Waals surface area (Å²) in [5.41, 5.74) is 0.575. The van der Waals surface area contributed by atoms with Gasteiger partial charge >= 0.3 is 0 Å². The molecule has 1 rings (SSSR count). The predicted molar refractivity (Wildman–Crippen MR) is 67.0 cm³/mol. The summed E-state index contributed by atoms with van der Waals surface area (Å²) in [6.45, 7) is 3.73. The van der Waals surface area contributed by atoms with Crippen LogP contribution in [0.4, 0.5) is 0 Å². The second-order valence-corrected chi connectivity index (χ2v) is 4.35. The van der Waals surface area contributed by atoms with E-state index in [1.165, 1.54) is 0 Å². The zero-order valence-corrected chi connectivity index (χ0v) is 10.7. The molecule has 0 aliphatic rings. The summed E-state index contributed by atoms with van der Waals surface area (Å²) in [4.78, 5) is 22.8. The largest absolute Gasteiger partial charge is 0.548 e. The molecule has 18 heavy (non-hydrogen) atoms. The number of hydrogen-bond donors (Lipinski definition) is 1. The lowest BCUT2D eigenvalue weighted by Gasteiger charge is -2.24. The maximum atomic E-state index is 11.8. The van der Waals surface area contributed by atoms with E-state index in [9.17, 15) is 14.7 Å². The molecule has 0 aliphatic carbocycles. The summed E-state index contributed by atoms with van der Waals surface area (Å²) in [6.07, 6.45) is 0.713. The molecule has 0 fully saturated rings. The van der Waals surface area contributed by atoms with Crippen molar-refractivity contribution in [3.05, 3.63) is 35.9 Å². The van der Waals surface area contributed by atoms with E-state index < -0.39 is 12.0 Å². The van der Waals surface area contributed by atoms with Gasteiger partial charge in [-0.15, -0.1) is 0 Å². The van der Waals surface area contributed by atoms with Crippen LogP contribution in [0.2, 0.25) is 0 Å². The lowest BCUT2D eigenvalue weighted by atomic mass is 9.99. The van der Waals surface area contributed by atoms with Crippen LogP contribution in [0, 0.1) is 5.92 Å². The van der Waals surface area contributed by atoms with E-state index >= 15 is 0 Å². The first-order chi connectivity index (χ1) is 8.56. The van der Waals surface area contributed by atoms with E-state index in [2.05, 4.69) is 5.32 Å². The molecule has 0 spiro atoms. The zero-order chi connectivity index (χ0) is 13.5. The van der Waals surface area contributed by atoms with Crippen LogP contribution in [0.1, 0.15) is 30.6 Å². The molecule has 0 aromatic heterocycles. The monoisotopic (exact) mass is 248 g/mol. The van der Waals surface area contributed by atoms with Gasteiger partial charge < -0.3 is 15.2 Å². The van der Waals surface area contributed by atoms with E-state index in [1.807, 2.05) is 19.9 Å². The Labute approximate surface area is 107 Å². The minimum absolute atomic E-state index is 0.00694. The molecule has 4 heteroatoms. The van der Waals surface area contributed by atoms with Gasteiger partial charge in [-0.1, -0.05) is 50.6 Å². The number of rotatable bonds is 7. The third kappa shape index (κ3) is 3.96. The summed E-state index contributed by atoms with van der Waals surface area (Å²) in [5, 5.41) is 13.7. The van der Waals surface area contributed by atoms with E-state index in [0.717, 1.165) is 0 Å². The van der Waals surface area contributed by atoms with E-state index in [1.54, 1.807) is 24.3 Å². The van der Waals surface area contributed by atoms with Crippen LogP contribution in [0.25, 0.3) is 0 Å². The SMILES string of the molecule is CCC(C)C(NCC(=O)c1ccccc1)C(=O)[O-]. The van der Waals surface area contributed by atoms with Crippen molar-refractivity contribution >= 4 is 11.8 Å². The Balaban J connectivity index is 2.58. The molecule has 1 aromatic rings. The zero-order valence-electron chi connectivity index (χ0n) is 10.7. The summed E-state index contributed by atoms with van der Waals surface area (Å²) in [6, 6.07) is 8.01. The molecule has 0 aliphatic heterocycles. The number of carboxylic acids is 1. The Morgan fingerprint density at radius 3 is 2.39 bits per heavy atom. The highest BCUT2D eigenvalue weighted by molar-refractivity contribution is 5.97. The highest BCUT2D eigenvalue weighted by Gasteiger charge is 2.17. The molecule has 0 saturated carbocycles. The second kappa shape index (κ2) is 6.91. The molecule has 0 heterocycles. The Morgan fingerprint density at radius 2 is 1.89 bits per heavy atom. The Bertz CT molecular complexity index is 403. The van der Waals surface area contributed by atoms with Gasteiger partial charge in [0.25, 0.3) is 0 Å². The smallest absolute Gasteiger partial charge is 0.176 e. The Kier molecular flexibility index (Phi) is 5.52. The van der Waals surface area contributed by atoms with Crippen LogP contribution in [-0.2, 0) is 4.79 Å². The average molecular weight is 248 g/mol. The van der Waals surface area contributed by atoms with E-state index in [4.69, 9.17) is 0 Å². The first-order valence-corrected chi connectivity index (χ1v) is 6.08. The minimum atomic E-state index is -1.16. The summed E-state index contributed by atoms with van der Waals surface area (Å²) >= 11 is 0. The van der Waals surface area contributed by atoms with Gasteiger partial charge in [-0.3, -0.25) is 4.79 Å². The van der Waals surface area contributed by atoms with Gasteiger partial charge in [-0.2, -0.15) is 0 Å².